The molecule has 1 nitrogen and oxygen atoms in total. The molecule has 25 heavy (non-hydrogen) atoms. The molecule has 0 heterocycles. The van der Waals surface area contributed by atoms with Crippen LogP contribution in [-0.2, 0) is 10.3 Å². The number of benzene rings is 2. The van der Waals surface area contributed by atoms with Gasteiger partial charge in [-0.3, -0.25) is 0 Å². The first-order chi connectivity index (χ1) is 11.9. The molecule has 0 N–H and O–H groups in total. The standard InChI is InChI=1S/C23H29BrO/c1-14-15(2)20-10-18(14)9-19(20)13-25-23(3,4)21-11-16-7-5-6-8-17(16)12-22(21)24/h5-8,11-12,14-15,18-20H,9-10,13H2,1-4H3. The van der Waals surface area contributed by atoms with Gasteiger partial charge in [-0.15, -0.1) is 0 Å². The van der Waals surface area contributed by atoms with Crippen LogP contribution >= 0.6 is 15.9 Å². The lowest BCUT2D eigenvalue weighted by atomic mass is 9.76. The molecular formula is C23H29BrO. The zero-order valence-electron chi connectivity index (χ0n) is 15.8. The summed E-state index contributed by atoms with van der Waals surface area (Å²) in [6.07, 6.45) is 2.79. The molecule has 0 aliphatic heterocycles. The maximum atomic E-state index is 6.54. The summed E-state index contributed by atoms with van der Waals surface area (Å²) in [6.45, 7) is 10.2. The lowest BCUT2D eigenvalue weighted by Gasteiger charge is -2.35. The van der Waals surface area contributed by atoms with Gasteiger partial charge in [0.2, 0.25) is 0 Å². The molecule has 0 saturated heterocycles. The summed E-state index contributed by atoms with van der Waals surface area (Å²) >= 11 is 3.78. The van der Waals surface area contributed by atoms with Crippen molar-refractivity contribution in [1.82, 2.24) is 0 Å². The Morgan fingerprint density at radius 2 is 1.72 bits per heavy atom. The summed E-state index contributed by atoms with van der Waals surface area (Å²) in [4.78, 5) is 0. The van der Waals surface area contributed by atoms with E-state index in [1.165, 1.54) is 29.2 Å². The second-order valence-corrected chi connectivity index (χ2v) is 9.73. The van der Waals surface area contributed by atoms with E-state index >= 15 is 0 Å². The normalized spacial score (nSPS) is 31.8. The van der Waals surface area contributed by atoms with E-state index in [1.54, 1.807) is 0 Å². The summed E-state index contributed by atoms with van der Waals surface area (Å²) in [7, 11) is 0. The lowest BCUT2D eigenvalue weighted by molar-refractivity contribution is -0.0544. The summed E-state index contributed by atoms with van der Waals surface area (Å²) in [6, 6.07) is 13.0. The third-order valence-electron chi connectivity index (χ3n) is 7.18. The van der Waals surface area contributed by atoms with E-state index in [9.17, 15) is 0 Å². The van der Waals surface area contributed by atoms with Crippen LogP contribution in [0.25, 0.3) is 10.8 Å². The van der Waals surface area contributed by atoms with Gasteiger partial charge in [0.1, 0.15) is 0 Å². The van der Waals surface area contributed by atoms with Gasteiger partial charge in [0.15, 0.2) is 0 Å². The van der Waals surface area contributed by atoms with Crippen molar-refractivity contribution in [3.05, 3.63) is 46.4 Å². The zero-order chi connectivity index (χ0) is 17.8. The molecule has 0 amide bonds. The molecule has 2 fully saturated rings. The summed E-state index contributed by atoms with van der Waals surface area (Å²) in [5, 5.41) is 2.55. The fraction of sp³-hybridized carbons (Fsp3) is 0.565. The molecule has 0 spiro atoms. The van der Waals surface area contributed by atoms with Crippen LogP contribution in [0.1, 0.15) is 46.1 Å². The maximum Gasteiger partial charge on any atom is 0.0886 e. The minimum atomic E-state index is -0.278. The van der Waals surface area contributed by atoms with Crippen LogP contribution in [0.4, 0.5) is 0 Å². The zero-order valence-corrected chi connectivity index (χ0v) is 17.3. The lowest BCUT2D eigenvalue weighted by Crippen LogP contribution is -2.31. The van der Waals surface area contributed by atoms with Gasteiger partial charge in [-0.2, -0.15) is 0 Å². The van der Waals surface area contributed by atoms with Crippen molar-refractivity contribution in [2.24, 2.45) is 29.6 Å². The molecule has 2 aliphatic carbocycles. The van der Waals surface area contributed by atoms with Gasteiger partial charge in [0.05, 0.1) is 12.2 Å². The number of halogens is 1. The van der Waals surface area contributed by atoms with Crippen LogP contribution in [0.5, 0.6) is 0 Å². The van der Waals surface area contributed by atoms with Crippen molar-refractivity contribution >= 4 is 26.7 Å². The highest BCUT2D eigenvalue weighted by Crippen LogP contribution is 2.55. The van der Waals surface area contributed by atoms with Gasteiger partial charge in [-0.1, -0.05) is 54.0 Å². The molecule has 134 valence electrons. The van der Waals surface area contributed by atoms with Gasteiger partial charge in [0.25, 0.3) is 0 Å². The topological polar surface area (TPSA) is 9.23 Å². The molecule has 5 atom stereocenters. The Balaban J connectivity index is 1.51. The number of hydrogen-bond donors (Lipinski definition) is 0. The molecule has 0 radical (unpaired) electrons. The molecular weight excluding hydrogens is 372 g/mol. The van der Waals surface area contributed by atoms with Crippen LogP contribution in [0.15, 0.2) is 40.9 Å². The Bertz CT molecular complexity index is 779. The minimum absolute atomic E-state index is 0.278. The average Bonchev–Trinajstić information content (AvgIpc) is 3.12. The second kappa shape index (κ2) is 6.39. The van der Waals surface area contributed by atoms with Gasteiger partial charge in [-0.05, 0) is 84.7 Å². The Kier molecular flexibility index (Phi) is 4.48. The quantitative estimate of drug-likeness (QED) is 0.549. The minimum Gasteiger partial charge on any atom is -0.371 e. The van der Waals surface area contributed by atoms with Crippen LogP contribution in [0.2, 0.25) is 0 Å². The van der Waals surface area contributed by atoms with Crippen molar-refractivity contribution in [3.63, 3.8) is 0 Å². The molecule has 0 aromatic heterocycles. The van der Waals surface area contributed by atoms with Crippen molar-refractivity contribution in [2.45, 2.75) is 46.1 Å². The predicted octanol–water partition coefficient (Wildman–Crippen LogP) is 6.78. The first-order valence-electron chi connectivity index (χ1n) is 9.69. The van der Waals surface area contributed by atoms with Gasteiger partial charge in [-0.25, -0.2) is 0 Å². The molecule has 2 bridgehead atoms. The Labute approximate surface area is 160 Å². The summed E-state index contributed by atoms with van der Waals surface area (Å²) in [5.41, 5.74) is 0.968. The smallest absolute Gasteiger partial charge is 0.0886 e. The second-order valence-electron chi connectivity index (χ2n) is 8.87. The molecule has 4 rings (SSSR count). The molecule has 2 saturated carbocycles. The van der Waals surface area contributed by atoms with Crippen molar-refractivity contribution in [2.75, 3.05) is 6.61 Å². The number of rotatable bonds is 4. The average molecular weight is 401 g/mol. The van der Waals surface area contributed by atoms with E-state index in [0.717, 1.165) is 40.7 Å². The van der Waals surface area contributed by atoms with Crippen molar-refractivity contribution < 1.29 is 4.74 Å². The van der Waals surface area contributed by atoms with Gasteiger partial charge in [0, 0.05) is 4.47 Å². The fourth-order valence-electron chi connectivity index (χ4n) is 5.35. The highest BCUT2D eigenvalue weighted by molar-refractivity contribution is 9.10. The largest absolute Gasteiger partial charge is 0.371 e. The first-order valence-corrected chi connectivity index (χ1v) is 10.5. The molecule has 5 unspecified atom stereocenters. The van der Waals surface area contributed by atoms with Crippen molar-refractivity contribution in [1.29, 1.82) is 0 Å². The number of ether oxygens (including phenoxy) is 1. The maximum absolute atomic E-state index is 6.54. The number of fused-ring (bicyclic) bond motifs is 3. The third-order valence-corrected chi connectivity index (χ3v) is 7.83. The Morgan fingerprint density at radius 3 is 2.36 bits per heavy atom. The van der Waals surface area contributed by atoms with Crippen LogP contribution in [0, 0.1) is 29.6 Å². The van der Waals surface area contributed by atoms with E-state index < -0.39 is 0 Å². The summed E-state index contributed by atoms with van der Waals surface area (Å²) in [5.74, 6) is 4.32. The molecule has 2 heteroatoms. The molecule has 2 aliphatic rings. The van der Waals surface area contributed by atoms with Gasteiger partial charge >= 0.3 is 0 Å². The molecule has 2 aromatic rings. The highest BCUT2D eigenvalue weighted by Gasteiger charge is 2.48. The van der Waals surface area contributed by atoms with E-state index in [-0.39, 0.29) is 5.60 Å². The van der Waals surface area contributed by atoms with E-state index in [0.29, 0.717) is 0 Å². The van der Waals surface area contributed by atoms with Crippen LogP contribution < -0.4 is 0 Å². The van der Waals surface area contributed by atoms with E-state index in [1.807, 2.05) is 0 Å². The number of hydrogen-bond acceptors (Lipinski definition) is 1. The molecule has 2 aromatic carbocycles. The highest BCUT2D eigenvalue weighted by atomic mass is 79.9. The fourth-order valence-corrected chi connectivity index (χ4v) is 6.19. The van der Waals surface area contributed by atoms with Crippen molar-refractivity contribution in [3.8, 4) is 0 Å². The SMILES string of the molecule is CC1C2CC(COC(C)(C)c3cc4ccccc4cc3Br)C(C2)C1C. The first kappa shape index (κ1) is 17.5. The predicted molar refractivity (Wildman–Crippen MR) is 109 cm³/mol. The Hall–Kier alpha value is -0.860. The van der Waals surface area contributed by atoms with E-state index in [4.69, 9.17) is 4.74 Å². The third kappa shape index (κ3) is 3.06. The monoisotopic (exact) mass is 400 g/mol. The summed E-state index contributed by atoms with van der Waals surface area (Å²) < 4.78 is 7.68. The van der Waals surface area contributed by atoms with Crippen LogP contribution in [0.3, 0.4) is 0 Å². The Morgan fingerprint density at radius 1 is 1.04 bits per heavy atom. The van der Waals surface area contributed by atoms with Crippen LogP contribution in [-0.4, -0.2) is 6.61 Å². The van der Waals surface area contributed by atoms with Gasteiger partial charge < -0.3 is 4.74 Å². The van der Waals surface area contributed by atoms with E-state index in [2.05, 4.69) is 80.0 Å².